The highest BCUT2D eigenvalue weighted by Gasteiger charge is 2.37. The van der Waals surface area contributed by atoms with Crippen molar-refractivity contribution in [2.45, 2.75) is 5.75 Å². The minimum absolute atomic E-state index is 0.0686. The van der Waals surface area contributed by atoms with Crippen LogP contribution in [0, 0.1) is 5.41 Å². The Balaban J connectivity index is 1.53. The molecule has 3 heterocycles. The van der Waals surface area contributed by atoms with Gasteiger partial charge in [0.25, 0.3) is 0 Å². The van der Waals surface area contributed by atoms with E-state index in [-0.39, 0.29) is 12.0 Å². The summed E-state index contributed by atoms with van der Waals surface area (Å²) in [4.78, 5) is 4.36. The van der Waals surface area contributed by atoms with Crippen molar-refractivity contribution in [1.82, 2.24) is 10.1 Å². The number of rotatable bonds is 6. The SMILES string of the molecule is OCC1(CSCc2nc(-c3ccsc3)no2)COC1. The van der Waals surface area contributed by atoms with Crippen molar-refractivity contribution in [2.75, 3.05) is 25.6 Å². The van der Waals surface area contributed by atoms with Crippen molar-refractivity contribution >= 4 is 23.1 Å². The summed E-state index contributed by atoms with van der Waals surface area (Å²) in [5.41, 5.74) is 0.921. The van der Waals surface area contributed by atoms with E-state index >= 15 is 0 Å². The molecule has 0 unspecified atom stereocenters. The van der Waals surface area contributed by atoms with Gasteiger partial charge in [0.05, 0.1) is 25.6 Å². The highest BCUT2D eigenvalue weighted by Crippen LogP contribution is 2.32. The summed E-state index contributed by atoms with van der Waals surface area (Å²) >= 11 is 3.30. The molecule has 1 fully saturated rings. The summed E-state index contributed by atoms with van der Waals surface area (Å²) in [7, 11) is 0. The van der Waals surface area contributed by atoms with Crippen molar-refractivity contribution in [3.8, 4) is 11.4 Å². The van der Waals surface area contributed by atoms with Crippen molar-refractivity contribution in [3.63, 3.8) is 0 Å². The molecule has 1 aliphatic rings. The average Bonchev–Trinajstić information content (AvgIpc) is 3.02. The van der Waals surface area contributed by atoms with Crippen LogP contribution in [-0.2, 0) is 10.5 Å². The molecule has 0 spiro atoms. The lowest BCUT2D eigenvalue weighted by atomic mass is 9.90. The summed E-state index contributed by atoms with van der Waals surface area (Å²) in [6, 6.07) is 1.97. The molecule has 7 heteroatoms. The number of aliphatic hydroxyl groups is 1. The van der Waals surface area contributed by atoms with Crippen LogP contribution < -0.4 is 0 Å². The fourth-order valence-electron chi connectivity index (χ4n) is 1.79. The fourth-order valence-corrected chi connectivity index (χ4v) is 3.51. The van der Waals surface area contributed by atoms with E-state index in [0.717, 1.165) is 11.3 Å². The lowest BCUT2D eigenvalue weighted by molar-refractivity contribution is -0.121. The van der Waals surface area contributed by atoms with E-state index in [0.29, 0.717) is 30.7 Å². The molecule has 0 aliphatic carbocycles. The van der Waals surface area contributed by atoms with Crippen LogP contribution in [-0.4, -0.2) is 40.8 Å². The number of nitrogens with zero attached hydrogens (tertiary/aromatic N) is 2. The molecule has 102 valence electrons. The Morgan fingerprint density at radius 2 is 2.37 bits per heavy atom. The normalized spacial score (nSPS) is 17.3. The predicted molar refractivity (Wildman–Crippen MR) is 74.1 cm³/mol. The smallest absolute Gasteiger partial charge is 0.236 e. The van der Waals surface area contributed by atoms with Gasteiger partial charge in [-0.1, -0.05) is 5.16 Å². The molecule has 1 N–H and O–H groups in total. The maximum Gasteiger partial charge on any atom is 0.236 e. The molecule has 0 amide bonds. The van der Waals surface area contributed by atoms with Crippen LogP contribution in [0.25, 0.3) is 11.4 Å². The molecule has 1 saturated heterocycles. The topological polar surface area (TPSA) is 68.4 Å². The predicted octanol–water partition coefficient (Wildman–Crippen LogP) is 2.04. The van der Waals surface area contributed by atoms with Gasteiger partial charge in [-0.3, -0.25) is 0 Å². The van der Waals surface area contributed by atoms with Crippen LogP contribution in [0.3, 0.4) is 0 Å². The molecular formula is C12H14N2O3S2. The second-order valence-corrected chi connectivity index (χ2v) is 6.43. The highest BCUT2D eigenvalue weighted by molar-refractivity contribution is 7.98. The van der Waals surface area contributed by atoms with E-state index in [9.17, 15) is 5.11 Å². The summed E-state index contributed by atoms with van der Waals surface area (Å²) < 4.78 is 10.4. The molecule has 5 nitrogen and oxygen atoms in total. The Kier molecular flexibility index (Phi) is 3.88. The van der Waals surface area contributed by atoms with Gasteiger partial charge in [0.2, 0.25) is 11.7 Å². The summed E-state index contributed by atoms with van der Waals surface area (Å²) in [5, 5.41) is 17.3. The molecule has 2 aromatic rings. The van der Waals surface area contributed by atoms with E-state index in [2.05, 4.69) is 10.1 Å². The van der Waals surface area contributed by atoms with E-state index < -0.39 is 0 Å². The Morgan fingerprint density at radius 1 is 1.47 bits per heavy atom. The zero-order valence-electron chi connectivity index (χ0n) is 10.2. The monoisotopic (exact) mass is 298 g/mol. The maximum absolute atomic E-state index is 9.32. The Hall–Kier alpha value is -0.890. The van der Waals surface area contributed by atoms with Gasteiger partial charge in [0.15, 0.2) is 0 Å². The highest BCUT2D eigenvalue weighted by atomic mass is 32.2. The number of aromatic nitrogens is 2. The fraction of sp³-hybridized carbons (Fsp3) is 0.500. The van der Waals surface area contributed by atoms with Gasteiger partial charge in [0.1, 0.15) is 0 Å². The lowest BCUT2D eigenvalue weighted by Gasteiger charge is -2.39. The second-order valence-electron chi connectivity index (χ2n) is 4.67. The molecule has 0 bridgehead atoms. The Labute approximate surface area is 119 Å². The number of ether oxygens (including phenoxy) is 1. The third-order valence-electron chi connectivity index (χ3n) is 3.03. The summed E-state index contributed by atoms with van der Waals surface area (Å²) in [6.45, 7) is 1.45. The second kappa shape index (κ2) is 5.62. The number of hydrogen-bond acceptors (Lipinski definition) is 7. The third kappa shape index (κ3) is 2.84. The molecule has 0 atom stereocenters. The van der Waals surface area contributed by atoms with E-state index in [1.807, 2.05) is 16.8 Å². The first-order valence-electron chi connectivity index (χ1n) is 5.93. The Morgan fingerprint density at radius 3 is 3.00 bits per heavy atom. The molecule has 19 heavy (non-hydrogen) atoms. The third-order valence-corrected chi connectivity index (χ3v) is 4.98. The van der Waals surface area contributed by atoms with Crippen LogP contribution in [0.5, 0.6) is 0 Å². The molecule has 0 radical (unpaired) electrons. The van der Waals surface area contributed by atoms with Crippen molar-refractivity contribution < 1.29 is 14.4 Å². The van der Waals surface area contributed by atoms with E-state index in [4.69, 9.17) is 9.26 Å². The molecule has 2 aromatic heterocycles. The largest absolute Gasteiger partial charge is 0.396 e. The molecule has 0 saturated carbocycles. The van der Waals surface area contributed by atoms with E-state index in [1.165, 1.54) is 0 Å². The van der Waals surface area contributed by atoms with Gasteiger partial charge in [-0.15, -0.1) is 0 Å². The number of thioether (sulfide) groups is 1. The van der Waals surface area contributed by atoms with Gasteiger partial charge in [0, 0.05) is 22.1 Å². The van der Waals surface area contributed by atoms with Crippen molar-refractivity contribution in [2.24, 2.45) is 5.41 Å². The number of aliphatic hydroxyl groups excluding tert-OH is 1. The van der Waals surface area contributed by atoms with Crippen LogP contribution >= 0.6 is 23.1 Å². The van der Waals surface area contributed by atoms with Gasteiger partial charge < -0.3 is 14.4 Å². The summed E-state index contributed by atoms with van der Waals surface area (Å²) in [6.07, 6.45) is 0. The standard InChI is InChI=1S/C12H14N2O3S2/c15-5-12(6-16-7-12)8-19-4-10-13-11(14-17-10)9-1-2-18-3-9/h1-3,15H,4-8H2. The molecule has 3 rings (SSSR count). The van der Waals surface area contributed by atoms with Gasteiger partial charge in [-0.25, -0.2) is 0 Å². The average molecular weight is 298 g/mol. The van der Waals surface area contributed by atoms with Crippen LogP contribution in [0.15, 0.2) is 21.3 Å². The summed E-state index contributed by atoms with van der Waals surface area (Å²) in [5.74, 6) is 2.78. The van der Waals surface area contributed by atoms with Crippen molar-refractivity contribution in [1.29, 1.82) is 0 Å². The quantitative estimate of drug-likeness (QED) is 0.880. The van der Waals surface area contributed by atoms with Crippen LogP contribution in [0.1, 0.15) is 5.89 Å². The minimum atomic E-state index is -0.0686. The molecule has 0 aromatic carbocycles. The zero-order valence-corrected chi connectivity index (χ0v) is 11.9. The van der Waals surface area contributed by atoms with Gasteiger partial charge in [-0.2, -0.15) is 28.1 Å². The molecule has 1 aliphatic heterocycles. The first-order valence-corrected chi connectivity index (χ1v) is 8.03. The molecular weight excluding hydrogens is 284 g/mol. The lowest BCUT2D eigenvalue weighted by Crippen LogP contribution is -2.47. The maximum atomic E-state index is 9.32. The number of thiophene rings is 1. The Bertz CT molecular complexity index is 517. The van der Waals surface area contributed by atoms with Gasteiger partial charge >= 0.3 is 0 Å². The van der Waals surface area contributed by atoms with Gasteiger partial charge in [-0.05, 0) is 11.4 Å². The first-order chi connectivity index (χ1) is 9.31. The first kappa shape index (κ1) is 13.1. The minimum Gasteiger partial charge on any atom is -0.396 e. The van der Waals surface area contributed by atoms with Crippen LogP contribution in [0.4, 0.5) is 0 Å². The zero-order chi connectivity index (χ0) is 13.1. The van der Waals surface area contributed by atoms with Crippen LogP contribution in [0.2, 0.25) is 0 Å². The number of hydrogen-bond donors (Lipinski definition) is 1. The van der Waals surface area contributed by atoms with Crippen molar-refractivity contribution in [3.05, 3.63) is 22.7 Å². The van der Waals surface area contributed by atoms with E-state index in [1.54, 1.807) is 23.1 Å².